The lowest BCUT2D eigenvalue weighted by Crippen LogP contribution is -2.14. The maximum atomic E-state index is 11.0. The Morgan fingerprint density at radius 2 is 2.10 bits per heavy atom. The van der Waals surface area contributed by atoms with Gasteiger partial charge in [0.2, 0.25) is 0 Å². The first kappa shape index (κ1) is 21.0. The molecule has 1 unspecified atom stereocenters. The lowest BCUT2D eigenvalue weighted by atomic mass is 10.2. The third-order valence-electron chi connectivity index (χ3n) is 5.33. The minimum atomic E-state index is -3.37. The van der Waals surface area contributed by atoms with Gasteiger partial charge in [0.1, 0.15) is 5.04 Å². The van der Waals surface area contributed by atoms with E-state index in [0.717, 1.165) is 50.8 Å². The molecule has 2 heterocycles. The molecule has 0 radical (unpaired) electrons. The van der Waals surface area contributed by atoms with Crippen LogP contribution in [0.1, 0.15) is 44.2 Å². The monoisotopic (exact) mass is 455 g/mol. The molecular weight excluding hydrogens is 430 g/mol. The second-order valence-electron chi connectivity index (χ2n) is 7.79. The van der Waals surface area contributed by atoms with Gasteiger partial charge in [0.05, 0.1) is 35.8 Å². The van der Waals surface area contributed by atoms with Crippen molar-refractivity contribution in [2.24, 2.45) is 4.99 Å². The maximum absolute atomic E-state index is 11.0. The average Bonchev–Trinajstić information content (AvgIpc) is 3.38. The van der Waals surface area contributed by atoms with Crippen LogP contribution in [-0.4, -0.2) is 49.1 Å². The summed E-state index contributed by atoms with van der Waals surface area (Å²) in [5, 5.41) is 6.47. The highest BCUT2D eigenvalue weighted by molar-refractivity contribution is 8.14. The van der Waals surface area contributed by atoms with E-state index in [1.54, 1.807) is 11.8 Å². The van der Waals surface area contributed by atoms with Crippen LogP contribution in [0.25, 0.3) is 10.9 Å². The van der Waals surface area contributed by atoms with E-state index in [4.69, 9.17) is 20.8 Å². The Kier molecular flexibility index (Phi) is 6.44. The third kappa shape index (κ3) is 5.48. The van der Waals surface area contributed by atoms with Crippen molar-refractivity contribution in [1.82, 2.24) is 4.98 Å². The Hall–Kier alpha value is -1.22. The number of rotatable bonds is 8. The van der Waals surface area contributed by atoms with Crippen LogP contribution in [0.3, 0.4) is 0 Å². The lowest BCUT2D eigenvalue weighted by Gasteiger charge is -2.14. The first-order chi connectivity index (χ1) is 13.9. The molecule has 1 aliphatic heterocycles. The van der Waals surface area contributed by atoms with Gasteiger partial charge in [-0.3, -0.25) is 9.18 Å². The van der Waals surface area contributed by atoms with E-state index in [9.17, 15) is 8.42 Å². The molecular formula is C20H26ClN3O3S2. The minimum Gasteiger partial charge on any atom is -0.381 e. The van der Waals surface area contributed by atoms with Crippen LogP contribution in [0.2, 0.25) is 5.02 Å². The number of benzene rings is 1. The number of aromatic nitrogens is 1. The highest BCUT2D eigenvalue weighted by atomic mass is 35.5. The largest absolute Gasteiger partial charge is 0.381 e. The Morgan fingerprint density at radius 1 is 1.31 bits per heavy atom. The summed E-state index contributed by atoms with van der Waals surface area (Å²) in [5.41, 5.74) is 3.14. The van der Waals surface area contributed by atoms with Gasteiger partial charge in [-0.25, -0.2) is 0 Å². The summed E-state index contributed by atoms with van der Waals surface area (Å²) >= 11 is 8.09. The van der Waals surface area contributed by atoms with Crippen LogP contribution in [0.15, 0.2) is 23.2 Å². The molecule has 0 bridgehead atoms. The smallest absolute Gasteiger partial charge is 0.264 e. The zero-order valence-corrected chi connectivity index (χ0v) is 18.8. The van der Waals surface area contributed by atoms with Gasteiger partial charge in [-0.05, 0) is 43.9 Å². The molecule has 4 rings (SSSR count). The van der Waals surface area contributed by atoms with E-state index in [1.165, 1.54) is 25.7 Å². The standard InChI is InChI=1S/C20H26ClN3O3S2/c1-29(25,26)27-8-4-7-16-12-28-20(23-16)18-10-13-9-14(21)11-17(19(13)24-18)22-15-5-2-3-6-15/h9-11,15-16,22,24H,2-8,12H2,1H3. The minimum absolute atomic E-state index is 0.184. The quantitative estimate of drug-likeness (QED) is 0.441. The van der Waals surface area contributed by atoms with E-state index in [0.29, 0.717) is 12.5 Å². The topological polar surface area (TPSA) is 83.5 Å². The molecule has 1 atom stereocenters. The van der Waals surface area contributed by atoms with Crippen molar-refractivity contribution in [1.29, 1.82) is 0 Å². The van der Waals surface area contributed by atoms with Gasteiger partial charge in [0.15, 0.2) is 0 Å². The van der Waals surface area contributed by atoms with Crippen LogP contribution < -0.4 is 5.32 Å². The summed E-state index contributed by atoms with van der Waals surface area (Å²) in [7, 11) is -3.37. The number of fused-ring (bicyclic) bond motifs is 1. The highest BCUT2D eigenvalue weighted by Crippen LogP contribution is 2.33. The fraction of sp³-hybridized carbons (Fsp3) is 0.550. The molecule has 1 aromatic carbocycles. The number of anilines is 1. The van der Waals surface area contributed by atoms with Crippen molar-refractivity contribution in [3.8, 4) is 0 Å². The molecule has 1 aromatic heterocycles. The predicted molar refractivity (Wildman–Crippen MR) is 122 cm³/mol. The Balaban J connectivity index is 1.46. The summed E-state index contributed by atoms with van der Waals surface area (Å²) in [4.78, 5) is 8.37. The normalized spacial score (nSPS) is 20.5. The number of nitrogens with zero attached hydrogens (tertiary/aromatic N) is 1. The second kappa shape index (κ2) is 8.88. The van der Waals surface area contributed by atoms with Crippen molar-refractivity contribution in [2.75, 3.05) is 23.9 Å². The summed E-state index contributed by atoms with van der Waals surface area (Å²) < 4.78 is 26.9. The van der Waals surface area contributed by atoms with Gasteiger partial charge < -0.3 is 10.3 Å². The summed E-state index contributed by atoms with van der Waals surface area (Å²) in [5.74, 6) is 0.900. The number of hydrogen-bond donors (Lipinski definition) is 2. The number of halogens is 1. The molecule has 6 nitrogen and oxygen atoms in total. The molecule has 1 fully saturated rings. The van der Waals surface area contributed by atoms with Gasteiger partial charge in [-0.15, -0.1) is 11.8 Å². The van der Waals surface area contributed by atoms with Crippen molar-refractivity contribution < 1.29 is 12.6 Å². The van der Waals surface area contributed by atoms with Crippen LogP contribution in [0.5, 0.6) is 0 Å². The van der Waals surface area contributed by atoms with Crippen molar-refractivity contribution >= 4 is 55.1 Å². The van der Waals surface area contributed by atoms with Gasteiger partial charge in [-0.1, -0.05) is 24.4 Å². The number of aliphatic imine (C=N–C) groups is 1. The van der Waals surface area contributed by atoms with E-state index < -0.39 is 10.1 Å². The average molecular weight is 456 g/mol. The fourth-order valence-corrected chi connectivity index (χ4v) is 5.69. The highest BCUT2D eigenvalue weighted by Gasteiger charge is 2.22. The van der Waals surface area contributed by atoms with Gasteiger partial charge in [0.25, 0.3) is 10.1 Å². The Morgan fingerprint density at radius 3 is 2.86 bits per heavy atom. The van der Waals surface area contributed by atoms with Gasteiger partial charge in [0, 0.05) is 22.2 Å². The Bertz CT molecular complexity index is 1010. The molecule has 2 N–H and O–H groups in total. The summed E-state index contributed by atoms with van der Waals surface area (Å²) in [6.07, 6.45) is 7.53. The van der Waals surface area contributed by atoms with E-state index in [-0.39, 0.29) is 12.6 Å². The van der Waals surface area contributed by atoms with E-state index in [2.05, 4.69) is 16.4 Å². The zero-order valence-electron chi connectivity index (χ0n) is 16.4. The SMILES string of the molecule is CS(=O)(=O)OCCCC1CSC(c2cc3cc(Cl)cc(NC4CCCC4)c3[nH]2)=N1. The van der Waals surface area contributed by atoms with Crippen molar-refractivity contribution in [3.63, 3.8) is 0 Å². The first-order valence-electron chi connectivity index (χ1n) is 10.0. The van der Waals surface area contributed by atoms with Crippen LogP contribution in [-0.2, 0) is 14.3 Å². The van der Waals surface area contributed by atoms with Crippen molar-refractivity contribution in [2.45, 2.75) is 50.6 Å². The number of hydrogen-bond acceptors (Lipinski definition) is 6. The Labute approximate surface area is 181 Å². The van der Waals surface area contributed by atoms with Crippen LogP contribution in [0.4, 0.5) is 5.69 Å². The number of thioether (sulfide) groups is 1. The number of H-pyrrole nitrogens is 1. The van der Waals surface area contributed by atoms with Crippen molar-refractivity contribution in [3.05, 3.63) is 28.9 Å². The molecule has 0 saturated heterocycles. The molecule has 2 aromatic rings. The summed E-state index contributed by atoms with van der Waals surface area (Å²) in [6, 6.07) is 6.79. The second-order valence-corrected chi connectivity index (χ2v) is 10.9. The molecule has 9 heteroatoms. The fourth-order valence-electron chi connectivity index (χ4n) is 3.97. The molecule has 1 saturated carbocycles. The first-order valence-corrected chi connectivity index (χ1v) is 13.2. The maximum Gasteiger partial charge on any atom is 0.264 e. The molecule has 0 amide bonds. The predicted octanol–water partition coefficient (Wildman–Crippen LogP) is 4.79. The molecule has 0 spiro atoms. The third-order valence-corrected chi connectivity index (χ3v) is 7.29. The van der Waals surface area contributed by atoms with Crippen LogP contribution in [0, 0.1) is 0 Å². The zero-order chi connectivity index (χ0) is 20.4. The summed E-state index contributed by atoms with van der Waals surface area (Å²) in [6.45, 7) is 0.214. The molecule has 2 aliphatic rings. The number of aromatic amines is 1. The molecule has 1 aliphatic carbocycles. The molecule has 29 heavy (non-hydrogen) atoms. The van der Waals surface area contributed by atoms with Gasteiger partial charge in [-0.2, -0.15) is 8.42 Å². The van der Waals surface area contributed by atoms with E-state index >= 15 is 0 Å². The number of nitrogens with one attached hydrogen (secondary N) is 2. The van der Waals surface area contributed by atoms with Crippen LogP contribution >= 0.6 is 23.4 Å². The van der Waals surface area contributed by atoms with E-state index in [1.807, 2.05) is 12.1 Å². The van der Waals surface area contributed by atoms with Gasteiger partial charge >= 0.3 is 0 Å². The molecule has 158 valence electrons. The lowest BCUT2D eigenvalue weighted by molar-refractivity contribution is 0.308.